The highest BCUT2D eigenvalue weighted by atomic mass is 16.5. The lowest BCUT2D eigenvalue weighted by Gasteiger charge is -2.40. The zero-order chi connectivity index (χ0) is 21.1. The summed E-state index contributed by atoms with van der Waals surface area (Å²) < 4.78 is 5.69. The van der Waals surface area contributed by atoms with Crippen molar-refractivity contribution in [2.75, 3.05) is 6.61 Å². The Morgan fingerprint density at radius 3 is 2.24 bits per heavy atom. The molecule has 0 spiro atoms. The Balaban J connectivity index is 1.97. The van der Waals surface area contributed by atoms with E-state index < -0.39 is 37.1 Å². The number of aliphatic hydroxyl groups is 4. The molecule has 2 aromatic carbocycles. The summed E-state index contributed by atoms with van der Waals surface area (Å²) in [4.78, 5) is 0. The third-order valence-corrected chi connectivity index (χ3v) is 5.60. The summed E-state index contributed by atoms with van der Waals surface area (Å²) in [5.41, 5.74) is 4.99. The quantitative estimate of drug-likeness (QED) is 0.609. The molecule has 6 heteroatoms. The van der Waals surface area contributed by atoms with Crippen LogP contribution in [0.3, 0.4) is 0 Å². The number of ether oxygens (including phenoxy) is 1. The molecule has 4 N–H and O–H groups in total. The topological polar surface area (TPSA) is 114 Å². The van der Waals surface area contributed by atoms with Gasteiger partial charge in [0.2, 0.25) is 0 Å². The number of aliphatic hydroxyl groups excluding tert-OH is 4. The standard InChI is InChI=1S/C23H27NO5/c1-3-14-4-6-15(7-5-14)9-16-10-17(8-13(2)18(16)11-24)23-22(28)21(27)20(26)19(12-25)29-23/h4-8,10,19-23,25-28H,3,9,12H2,1-2H3/t19-,20-,21+,22-,23+/m1/s1. The van der Waals surface area contributed by atoms with Crippen molar-refractivity contribution in [3.8, 4) is 6.07 Å². The highest BCUT2D eigenvalue weighted by Gasteiger charge is 2.44. The second-order valence-corrected chi connectivity index (χ2v) is 7.58. The number of aryl methyl sites for hydroxylation is 2. The molecule has 1 heterocycles. The van der Waals surface area contributed by atoms with Gasteiger partial charge in [0.05, 0.1) is 18.2 Å². The van der Waals surface area contributed by atoms with Gasteiger partial charge in [-0.1, -0.05) is 43.3 Å². The number of hydrogen-bond donors (Lipinski definition) is 4. The first-order valence-corrected chi connectivity index (χ1v) is 9.81. The number of benzene rings is 2. The van der Waals surface area contributed by atoms with Crippen molar-refractivity contribution >= 4 is 0 Å². The Labute approximate surface area is 170 Å². The second kappa shape index (κ2) is 9.04. The summed E-state index contributed by atoms with van der Waals surface area (Å²) in [7, 11) is 0. The maximum absolute atomic E-state index is 10.4. The van der Waals surface area contributed by atoms with Gasteiger partial charge in [0.1, 0.15) is 30.5 Å². The number of hydrogen-bond acceptors (Lipinski definition) is 6. The third kappa shape index (κ3) is 4.35. The molecule has 2 aromatic rings. The lowest BCUT2D eigenvalue weighted by molar-refractivity contribution is -0.231. The van der Waals surface area contributed by atoms with E-state index in [4.69, 9.17) is 4.74 Å². The lowest BCUT2D eigenvalue weighted by Crippen LogP contribution is -2.55. The van der Waals surface area contributed by atoms with E-state index in [0.29, 0.717) is 17.5 Å². The molecule has 1 aliphatic rings. The fourth-order valence-corrected chi connectivity index (χ4v) is 3.84. The lowest BCUT2D eigenvalue weighted by atomic mass is 9.87. The molecule has 29 heavy (non-hydrogen) atoms. The van der Waals surface area contributed by atoms with E-state index in [1.54, 1.807) is 12.1 Å². The summed E-state index contributed by atoms with van der Waals surface area (Å²) in [6.45, 7) is 3.43. The minimum Gasteiger partial charge on any atom is -0.394 e. The van der Waals surface area contributed by atoms with Gasteiger partial charge < -0.3 is 25.2 Å². The molecule has 6 nitrogen and oxygen atoms in total. The smallest absolute Gasteiger partial charge is 0.113 e. The van der Waals surface area contributed by atoms with Crippen LogP contribution in [0.1, 0.15) is 46.4 Å². The first kappa shape index (κ1) is 21.4. The van der Waals surface area contributed by atoms with Crippen LogP contribution in [0.2, 0.25) is 0 Å². The fourth-order valence-electron chi connectivity index (χ4n) is 3.84. The molecular formula is C23H27NO5. The van der Waals surface area contributed by atoms with Gasteiger partial charge >= 0.3 is 0 Å². The van der Waals surface area contributed by atoms with Crippen molar-refractivity contribution in [3.63, 3.8) is 0 Å². The molecule has 0 aromatic heterocycles. The van der Waals surface area contributed by atoms with Crippen molar-refractivity contribution in [1.29, 1.82) is 5.26 Å². The summed E-state index contributed by atoms with van der Waals surface area (Å²) in [6, 6.07) is 14.0. The average molecular weight is 397 g/mol. The highest BCUT2D eigenvalue weighted by Crippen LogP contribution is 2.34. The first-order chi connectivity index (χ1) is 13.9. The molecule has 3 rings (SSSR count). The van der Waals surface area contributed by atoms with Crippen molar-refractivity contribution in [2.45, 2.75) is 57.2 Å². The molecule has 0 amide bonds. The second-order valence-electron chi connectivity index (χ2n) is 7.58. The Kier molecular flexibility index (Phi) is 6.68. The molecule has 1 aliphatic heterocycles. The van der Waals surface area contributed by atoms with Crippen molar-refractivity contribution in [2.24, 2.45) is 0 Å². The van der Waals surface area contributed by atoms with Gasteiger partial charge in [0.15, 0.2) is 0 Å². The molecule has 1 saturated heterocycles. The van der Waals surface area contributed by atoms with Crippen LogP contribution in [-0.4, -0.2) is 51.4 Å². The van der Waals surface area contributed by atoms with Crippen LogP contribution in [-0.2, 0) is 17.6 Å². The Morgan fingerprint density at radius 1 is 1.00 bits per heavy atom. The SMILES string of the molecule is CCc1ccc(Cc2cc([C@@H]3O[C@H](CO)[C@@H](O)[C@H](O)[C@H]3O)cc(C)c2C#N)cc1. The minimum absolute atomic E-state index is 0.479. The van der Waals surface area contributed by atoms with E-state index in [0.717, 1.165) is 23.1 Å². The normalized spacial score (nSPS) is 26.9. The average Bonchev–Trinajstić information content (AvgIpc) is 2.72. The molecule has 154 valence electrons. The van der Waals surface area contributed by atoms with E-state index in [1.165, 1.54) is 5.56 Å². The molecule has 1 fully saturated rings. The van der Waals surface area contributed by atoms with Crippen molar-refractivity contribution in [1.82, 2.24) is 0 Å². The molecule has 0 aliphatic carbocycles. The first-order valence-electron chi connectivity index (χ1n) is 9.81. The Bertz CT molecular complexity index is 887. The van der Waals surface area contributed by atoms with Gasteiger partial charge in [-0.2, -0.15) is 5.26 Å². The van der Waals surface area contributed by atoms with E-state index in [2.05, 4.69) is 25.1 Å². The Hall–Kier alpha value is -2.27. The summed E-state index contributed by atoms with van der Waals surface area (Å²) in [5, 5.41) is 49.6. The van der Waals surface area contributed by atoms with Crippen molar-refractivity contribution < 1.29 is 25.2 Å². The van der Waals surface area contributed by atoms with E-state index >= 15 is 0 Å². The van der Waals surface area contributed by atoms with E-state index in [1.807, 2.05) is 19.1 Å². The van der Waals surface area contributed by atoms with Gasteiger partial charge in [-0.05, 0) is 47.6 Å². The van der Waals surface area contributed by atoms with Crippen LogP contribution in [0, 0.1) is 18.3 Å². The zero-order valence-electron chi connectivity index (χ0n) is 16.6. The fraction of sp³-hybridized carbons (Fsp3) is 0.435. The van der Waals surface area contributed by atoms with Crippen LogP contribution in [0.15, 0.2) is 36.4 Å². The molecule has 5 atom stereocenters. The highest BCUT2D eigenvalue weighted by molar-refractivity contribution is 5.49. The van der Waals surface area contributed by atoms with Gasteiger partial charge in [-0.15, -0.1) is 0 Å². The van der Waals surface area contributed by atoms with Crippen molar-refractivity contribution in [3.05, 3.63) is 69.8 Å². The summed E-state index contributed by atoms with van der Waals surface area (Å²) >= 11 is 0. The van der Waals surface area contributed by atoms with E-state index in [-0.39, 0.29) is 0 Å². The summed E-state index contributed by atoms with van der Waals surface area (Å²) in [6.07, 6.45) is -4.59. The molecule has 0 bridgehead atoms. The molecular weight excluding hydrogens is 370 g/mol. The number of nitrogens with zero attached hydrogens (tertiary/aromatic N) is 1. The molecule has 0 radical (unpaired) electrons. The van der Waals surface area contributed by atoms with Gasteiger partial charge in [-0.3, -0.25) is 0 Å². The largest absolute Gasteiger partial charge is 0.394 e. The van der Waals surface area contributed by atoms with Gasteiger partial charge in [0, 0.05) is 0 Å². The van der Waals surface area contributed by atoms with Crippen LogP contribution in [0.25, 0.3) is 0 Å². The number of rotatable bonds is 5. The molecule has 0 unspecified atom stereocenters. The van der Waals surface area contributed by atoms with Crippen LogP contribution < -0.4 is 0 Å². The van der Waals surface area contributed by atoms with Gasteiger partial charge in [-0.25, -0.2) is 0 Å². The maximum atomic E-state index is 10.4. The van der Waals surface area contributed by atoms with Gasteiger partial charge in [0.25, 0.3) is 0 Å². The summed E-state index contributed by atoms with van der Waals surface area (Å²) in [5.74, 6) is 0. The molecule has 0 saturated carbocycles. The predicted molar refractivity (Wildman–Crippen MR) is 107 cm³/mol. The monoisotopic (exact) mass is 397 g/mol. The number of nitriles is 1. The Morgan fingerprint density at radius 2 is 1.66 bits per heavy atom. The maximum Gasteiger partial charge on any atom is 0.113 e. The van der Waals surface area contributed by atoms with Crippen LogP contribution in [0.4, 0.5) is 0 Å². The predicted octanol–water partition coefficient (Wildman–Crippen LogP) is 1.53. The zero-order valence-corrected chi connectivity index (χ0v) is 16.6. The van der Waals surface area contributed by atoms with E-state index in [9.17, 15) is 25.7 Å². The minimum atomic E-state index is -1.44. The van der Waals surface area contributed by atoms with Crippen LogP contribution in [0.5, 0.6) is 0 Å². The third-order valence-electron chi connectivity index (χ3n) is 5.60. The van der Waals surface area contributed by atoms with Crippen LogP contribution >= 0.6 is 0 Å².